The van der Waals surface area contributed by atoms with Crippen molar-refractivity contribution in [1.82, 2.24) is 10.6 Å². The quantitative estimate of drug-likeness (QED) is 0.640. The van der Waals surface area contributed by atoms with Crippen molar-refractivity contribution in [2.24, 2.45) is 5.41 Å². The van der Waals surface area contributed by atoms with Crippen LogP contribution in [-0.2, 0) is 4.79 Å². The Morgan fingerprint density at radius 1 is 1.71 bits per heavy atom. The van der Waals surface area contributed by atoms with Crippen molar-refractivity contribution in [3.8, 4) is 12.3 Å². The Labute approximate surface area is 85.6 Å². The van der Waals surface area contributed by atoms with Crippen LogP contribution in [0.5, 0.6) is 0 Å². The molecule has 3 heteroatoms. The highest BCUT2D eigenvalue weighted by atomic mass is 16.2. The molecule has 1 rings (SSSR count). The van der Waals surface area contributed by atoms with Gasteiger partial charge in [0.2, 0.25) is 5.91 Å². The van der Waals surface area contributed by atoms with Crippen molar-refractivity contribution >= 4 is 5.91 Å². The third kappa shape index (κ3) is 2.74. The summed E-state index contributed by atoms with van der Waals surface area (Å²) >= 11 is 0. The summed E-state index contributed by atoms with van der Waals surface area (Å²) in [5.74, 6) is 2.36. The van der Waals surface area contributed by atoms with Gasteiger partial charge in [-0.2, -0.15) is 0 Å². The minimum atomic E-state index is -0.157. The second-order valence-corrected chi connectivity index (χ2v) is 4.56. The molecule has 0 radical (unpaired) electrons. The molecule has 78 valence electrons. The second-order valence-electron chi connectivity index (χ2n) is 4.56. The molecular weight excluding hydrogens is 176 g/mol. The van der Waals surface area contributed by atoms with E-state index in [0.717, 1.165) is 6.42 Å². The Morgan fingerprint density at radius 2 is 2.29 bits per heavy atom. The average molecular weight is 194 g/mol. The number of rotatable bonds is 4. The lowest BCUT2D eigenvalue weighted by Crippen LogP contribution is -2.44. The lowest BCUT2D eigenvalue weighted by Gasteiger charge is -2.14. The van der Waals surface area contributed by atoms with Crippen LogP contribution in [0.3, 0.4) is 0 Å². The first-order valence-electron chi connectivity index (χ1n) is 4.94. The van der Waals surface area contributed by atoms with Crippen molar-refractivity contribution in [3.05, 3.63) is 0 Å². The van der Waals surface area contributed by atoms with E-state index in [2.05, 4.69) is 30.4 Å². The van der Waals surface area contributed by atoms with E-state index in [9.17, 15) is 4.79 Å². The molecule has 3 nitrogen and oxygen atoms in total. The molecule has 0 saturated heterocycles. The Hall–Kier alpha value is -1.01. The van der Waals surface area contributed by atoms with Crippen LogP contribution in [-0.4, -0.2) is 24.5 Å². The fraction of sp³-hybridized carbons (Fsp3) is 0.727. The molecule has 0 aromatic carbocycles. The number of hydrogen-bond acceptors (Lipinski definition) is 2. The molecular formula is C11H18N2O. The lowest BCUT2D eigenvalue weighted by molar-refractivity contribution is -0.122. The average Bonchev–Trinajstić information content (AvgIpc) is 2.69. The summed E-state index contributed by atoms with van der Waals surface area (Å²) in [7, 11) is 0. The largest absolute Gasteiger partial charge is 0.344 e. The standard InChI is InChI=1S/C11H18N2O/c1-5-6-12-10(14)8(2)13-9-7-11(9,3)4/h1,8-9,13H,6-7H2,2-4H3,(H,12,14). The maximum Gasteiger partial charge on any atom is 0.237 e. The van der Waals surface area contributed by atoms with E-state index in [-0.39, 0.29) is 11.9 Å². The number of nitrogens with one attached hydrogen (secondary N) is 2. The van der Waals surface area contributed by atoms with Gasteiger partial charge in [-0.3, -0.25) is 4.79 Å². The normalized spacial score (nSPS) is 24.9. The summed E-state index contributed by atoms with van der Waals surface area (Å²) in [6.45, 7) is 6.55. The Kier molecular flexibility index (Phi) is 3.17. The second kappa shape index (κ2) is 4.02. The summed E-state index contributed by atoms with van der Waals surface area (Å²) in [6, 6.07) is 0.309. The molecule has 1 saturated carbocycles. The molecule has 0 heterocycles. The molecule has 2 unspecified atom stereocenters. The zero-order valence-corrected chi connectivity index (χ0v) is 9.05. The first-order valence-corrected chi connectivity index (χ1v) is 4.94. The van der Waals surface area contributed by atoms with Gasteiger partial charge in [-0.1, -0.05) is 19.8 Å². The van der Waals surface area contributed by atoms with Gasteiger partial charge < -0.3 is 10.6 Å². The lowest BCUT2D eigenvalue weighted by atomic mass is 10.2. The van der Waals surface area contributed by atoms with Gasteiger partial charge in [-0.25, -0.2) is 0 Å². The van der Waals surface area contributed by atoms with Crippen LogP contribution in [0.4, 0.5) is 0 Å². The van der Waals surface area contributed by atoms with Gasteiger partial charge >= 0.3 is 0 Å². The highest BCUT2D eigenvalue weighted by molar-refractivity contribution is 5.81. The Morgan fingerprint density at radius 3 is 2.71 bits per heavy atom. The van der Waals surface area contributed by atoms with Crippen molar-refractivity contribution in [2.75, 3.05) is 6.54 Å². The van der Waals surface area contributed by atoms with Crippen LogP contribution in [0, 0.1) is 17.8 Å². The fourth-order valence-electron chi connectivity index (χ4n) is 1.42. The van der Waals surface area contributed by atoms with E-state index < -0.39 is 0 Å². The molecule has 0 aromatic heterocycles. The van der Waals surface area contributed by atoms with Gasteiger partial charge in [0.15, 0.2) is 0 Å². The van der Waals surface area contributed by atoms with E-state index >= 15 is 0 Å². The first-order chi connectivity index (χ1) is 6.47. The molecule has 0 bridgehead atoms. The number of amides is 1. The molecule has 1 aliphatic rings. The smallest absolute Gasteiger partial charge is 0.237 e. The molecule has 1 amide bonds. The van der Waals surface area contributed by atoms with Crippen LogP contribution >= 0.6 is 0 Å². The zero-order valence-electron chi connectivity index (χ0n) is 9.05. The van der Waals surface area contributed by atoms with Crippen molar-refractivity contribution < 1.29 is 4.79 Å². The van der Waals surface area contributed by atoms with Gasteiger partial charge in [0.05, 0.1) is 12.6 Å². The van der Waals surface area contributed by atoms with Crippen LogP contribution < -0.4 is 10.6 Å². The number of carbonyl (C=O) groups is 1. The van der Waals surface area contributed by atoms with E-state index in [1.54, 1.807) is 0 Å². The summed E-state index contributed by atoms with van der Waals surface area (Å²) in [5.41, 5.74) is 0.348. The molecule has 1 aliphatic carbocycles. The zero-order chi connectivity index (χ0) is 10.8. The fourth-order valence-corrected chi connectivity index (χ4v) is 1.42. The van der Waals surface area contributed by atoms with Gasteiger partial charge in [0.1, 0.15) is 0 Å². The van der Waals surface area contributed by atoms with Crippen LogP contribution in [0.25, 0.3) is 0 Å². The van der Waals surface area contributed by atoms with Gasteiger partial charge in [0.25, 0.3) is 0 Å². The molecule has 0 aromatic rings. The van der Waals surface area contributed by atoms with Gasteiger partial charge in [-0.15, -0.1) is 6.42 Å². The summed E-state index contributed by atoms with van der Waals surface area (Å²) in [4.78, 5) is 11.4. The maximum atomic E-state index is 11.4. The molecule has 2 atom stereocenters. The minimum Gasteiger partial charge on any atom is -0.344 e. The highest BCUT2D eigenvalue weighted by Gasteiger charge is 2.46. The highest BCUT2D eigenvalue weighted by Crippen LogP contribution is 2.44. The summed E-state index contributed by atoms with van der Waals surface area (Å²) in [6.07, 6.45) is 6.19. The Balaban J connectivity index is 2.26. The summed E-state index contributed by atoms with van der Waals surface area (Å²) in [5, 5.41) is 5.93. The Bertz CT molecular complexity index is 265. The van der Waals surface area contributed by atoms with Crippen molar-refractivity contribution in [3.63, 3.8) is 0 Å². The van der Waals surface area contributed by atoms with E-state index in [1.807, 2.05) is 6.92 Å². The number of hydrogen-bond donors (Lipinski definition) is 2. The van der Waals surface area contributed by atoms with Crippen molar-refractivity contribution in [1.29, 1.82) is 0 Å². The summed E-state index contributed by atoms with van der Waals surface area (Å²) < 4.78 is 0. The van der Waals surface area contributed by atoms with Gasteiger partial charge in [-0.05, 0) is 18.8 Å². The predicted octanol–water partition coefficient (Wildman–Crippen LogP) is 0.512. The van der Waals surface area contributed by atoms with Crippen LogP contribution in [0.15, 0.2) is 0 Å². The third-order valence-electron chi connectivity index (χ3n) is 2.72. The minimum absolute atomic E-state index is 0.0225. The molecule has 0 spiro atoms. The topological polar surface area (TPSA) is 41.1 Å². The third-order valence-corrected chi connectivity index (χ3v) is 2.72. The van der Waals surface area contributed by atoms with Crippen LogP contribution in [0.2, 0.25) is 0 Å². The monoisotopic (exact) mass is 194 g/mol. The van der Waals surface area contributed by atoms with E-state index in [4.69, 9.17) is 6.42 Å². The predicted molar refractivity (Wildman–Crippen MR) is 56.6 cm³/mol. The number of terminal acetylenes is 1. The van der Waals surface area contributed by atoms with E-state index in [1.165, 1.54) is 0 Å². The maximum absolute atomic E-state index is 11.4. The molecule has 1 fully saturated rings. The first kappa shape index (κ1) is 11.1. The van der Waals surface area contributed by atoms with Crippen molar-refractivity contribution in [2.45, 2.75) is 39.3 Å². The molecule has 14 heavy (non-hydrogen) atoms. The SMILES string of the molecule is C#CCNC(=O)C(C)NC1CC1(C)C. The molecule has 2 N–H and O–H groups in total. The van der Waals surface area contributed by atoms with Gasteiger partial charge in [0, 0.05) is 6.04 Å². The molecule has 0 aliphatic heterocycles. The van der Waals surface area contributed by atoms with Crippen LogP contribution in [0.1, 0.15) is 27.2 Å². The number of carbonyl (C=O) groups excluding carboxylic acids is 1. The van der Waals surface area contributed by atoms with E-state index in [0.29, 0.717) is 18.0 Å².